The van der Waals surface area contributed by atoms with Crippen molar-refractivity contribution in [2.24, 2.45) is 0 Å². The van der Waals surface area contributed by atoms with Crippen molar-refractivity contribution in [1.29, 1.82) is 0 Å². The van der Waals surface area contributed by atoms with Crippen LogP contribution in [-0.2, 0) is 23.3 Å². The maximum absolute atomic E-state index is 14.4. The highest BCUT2D eigenvalue weighted by Gasteiger charge is 2.22. The molecule has 5 aromatic rings. The molecule has 260 valence electrons. The summed E-state index contributed by atoms with van der Waals surface area (Å²) in [5.74, 6) is -0.440. The number of urea groups is 1. The number of pyridine rings is 1. The SMILES string of the molecule is COC(=O)c1ccc(C)c(-n2c(C)cc(OCc3ccc(F)cc3CNC(=O)Nc3cc(C(C)(C)C)nn3-c3ccc(O)cc3)c(Cl)c2=O)c1. The molecule has 2 amide bonds. The number of hydrogen-bond donors (Lipinski definition) is 3. The van der Waals surface area contributed by atoms with Crippen LogP contribution < -0.4 is 20.9 Å². The number of aromatic nitrogens is 3. The molecule has 0 atom stereocenters. The van der Waals surface area contributed by atoms with Crippen LogP contribution in [0.5, 0.6) is 11.5 Å². The van der Waals surface area contributed by atoms with E-state index >= 15 is 0 Å². The van der Waals surface area contributed by atoms with Crippen LogP contribution in [-0.4, -0.2) is 38.6 Å². The van der Waals surface area contributed by atoms with Crippen molar-refractivity contribution in [2.45, 2.75) is 53.2 Å². The molecule has 11 nitrogen and oxygen atoms in total. The number of anilines is 1. The van der Waals surface area contributed by atoms with E-state index in [-0.39, 0.29) is 40.7 Å². The first-order valence-electron chi connectivity index (χ1n) is 15.6. The molecule has 3 aromatic carbocycles. The van der Waals surface area contributed by atoms with E-state index in [0.717, 1.165) is 11.3 Å². The molecule has 0 aliphatic heterocycles. The van der Waals surface area contributed by atoms with Crippen molar-refractivity contribution < 1.29 is 28.6 Å². The first-order valence-corrected chi connectivity index (χ1v) is 16.0. The Bertz CT molecular complexity index is 2140. The molecule has 2 aromatic heterocycles. The van der Waals surface area contributed by atoms with Gasteiger partial charge in [0.05, 0.1) is 29.7 Å². The highest BCUT2D eigenvalue weighted by atomic mass is 35.5. The van der Waals surface area contributed by atoms with Gasteiger partial charge in [-0.1, -0.05) is 44.5 Å². The number of hydrogen-bond acceptors (Lipinski definition) is 7. The first-order chi connectivity index (χ1) is 23.7. The van der Waals surface area contributed by atoms with Crippen molar-refractivity contribution in [3.05, 3.63) is 128 Å². The van der Waals surface area contributed by atoms with Crippen molar-refractivity contribution >= 4 is 29.4 Å². The zero-order valence-electron chi connectivity index (χ0n) is 28.4. The van der Waals surface area contributed by atoms with Gasteiger partial charge in [0.25, 0.3) is 5.56 Å². The van der Waals surface area contributed by atoms with Gasteiger partial charge in [0.2, 0.25) is 0 Å². The second-order valence-electron chi connectivity index (χ2n) is 12.7. The number of rotatable bonds is 9. The lowest BCUT2D eigenvalue weighted by atomic mass is 9.92. The highest BCUT2D eigenvalue weighted by molar-refractivity contribution is 6.31. The van der Waals surface area contributed by atoms with Crippen LogP contribution in [0.1, 0.15) is 59.2 Å². The van der Waals surface area contributed by atoms with Gasteiger partial charge >= 0.3 is 12.0 Å². The van der Waals surface area contributed by atoms with Crippen LogP contribution in [0.15, 0.2) is 77.6 Å². The molecule has 0 saturated heterocycles. The van der Waals surface area contributed by atoms with Crippen molar-refractivity contribution in [2.75, 3.05) is 12.4 Å². The molecule has 0 fully saturated rings. The molecule has 0 bridgehead atoms. The zero-order chi connectivity index (χ0) is 36.3. The Labute approximate surface area is 293 Å². The molecule has 5 rings (SSSR count). The Morgan fingerprint density at radius 3 is 2.38 bits per heavy atom. The van der Waals surface area contributed by atoms with Gasteiger partial charge in [-0.25, -0.2) is 18.7 Å². The number of aromatic hydroxyl groups is 1. The van der Waals surface area contributed by atoms with E-state index in [1.165, 1.54) is 42.0 Å². The summed E-state index contributed by atoms with van der Waals surface area (Å²) < 4.78 is 28.1. The molecule has 0 unspecified atom stereocenters. The summed E-state index contributed by atoms with van der Waals surface area (Å²) in [6.07, 6.45) is 0. The number of esters is 1. The molecule has 0 spiro atoms. The van der Waals surface area contributed by atoms with Crippen molar-refractivity contribution in [3.63, 3.8) is 0 Å². The van der Waals surface area contributed by atoms with Gasteiger partial charge in [-0.15, -0.1) is 0 Å². The van der Waals surface area contributed by atoms with Gasteiger partial charge in [-0.2, -0.15) is 5.10 Å². The largest absolute Gasteiger partial charge is 0.508 e. The lowest BCUT2D eigenvalue weighted by molar-refractivity contribution is 0.0600. The smallest absolute Gasteiger partial charge is 0.337 e. The Kier molecular flexibility index (Phi) is 10.3. The predicted molar refractivity (Wildman–Crippen MR) is 188 cm³/mol. The molecule has 0 saturated carbocycles. The number of carbonyl (C=O) groups excluding carboxylic acids is 2. The number of phenolic OH excluding ortho intramolecular Hbond substituents is 1. The van der Waals surface area contributed by atoms with Gasteiger partial charge in [0, 0.05) is 29.8 Å². The third-order valence-electron chi connectivity index (χ3n) is 7.98. The van der Waals surface area contributed by atoms with Crippen LogP contribution in [0.2, 0.25) is 5.02 Å². The normalized spacial score (nSPS) is 11.3. The van der Waals surface area contributed by atoms with E-state index in [4.69, 9.17) is 21.1 Å². The maximum atomic E-state index is 14.4. The molecule has 50 heavy (non-hydrogen) atoms. The van der Waals surface area contributed by atoms with Crippen LogP contribution in [0, 0.1) is 19.7 Å². The summed E-state index contributed by atoms with van der Waals surface area (Å²) in [6.45, 7) is 9.38. The number of nitrogens with one attached hydrogen (secondary N) is 2. The number of methoxy groups -OCH3 is 1. The minimum absolute atomic E-state index is 0.0497. The number of nitrogens with zero attached hydrogens (tertiary/aromatic N) is 3. The fraction of sp³-hybridized carbons (Fsp3) is 0.243. The molecule has 0 aliphatic rings. The molecule has 0 radical (unpaired) electrons. The Balaban J connectivity index is 1.33. The third-order valence-corrected chi connectivity index (χ3v) is 8.32. The fourth-order valence-corrected chi connectivity index (χ4v) is 5.39. The van der Waals surface area contributed by atoms with Crippen LogP contribution in [0.25, 0.3) is 11.4 Å². The van der Waals surface area contributed by atoms with Gasteiger partial charge < -0.3 is 19.9 Å². The van der Waals surface area contributed by atoms with E-state index < -0.39 is 23.4 Å². The lowest BCUT2D eigenvalue weighted by Gasteiger charge is -2.17. The Hall–Kier alpha value is -5.62. The number of phenols is 1. The topological polar surface area (TPSA) is 137 Å². The van der Waals surface area contributed by atoms with Gasteiger partial charge in [-0.05, 0) is 79.1 Å². The first kappa shape index (κ1) is 35.7. The Morgan fingerprint density at radius 2 is 1.70 bits per heavy atom. The van der Waals surface area contributed by atoms with Gasteiger partial charge in [0.1, 0.15) is 34.8 Å². The van der Waals surface area contributed by atoms with Gasteiger partial charge in [0.15, 0.2) is 0 Å². The molecule has 3 N–H and O–H groups in total. The van der Waals surface area contributed by atoms with Crippen LogP contribution in [0.4, 0.5) is 15.0 Å². The zero-order valence-corrected chi connectivity index (χ0v) is 29.2. The Morgan fingerprint density at radius 1 is 0.980 bits per heavy atom. The maximum Gasteiger partial charge on any atom is 0.337 e. The lowest BCUT2D eigenvalue weighted by Crippen LogP contribution is -2.29. The molecule has 2 heterocycles. The van der Waals surface area contributed by atoms with Crippen LogP contribution in [0.3, 0.4) is 0 Å². The summed E-state index contributed by atoms with van der Waals surface area (Å²) in [6, 6.07) is 18.2. The minimum atomic E-state index is -0.560. The molecule has 0 aliphatic carbocycles. The summed E-state index contributed by atoms with van der Waals surface area (Å²) in [5, 5.41) is 19.8. The molecule has 13 heteroatoms. The van der Waals surface area contributed by atoms with E-state index in [1.54, 1.807) is 61.0 Å². The minimum Gasteiger partial charge on any atom is -0.508 e. The third kappa shape index (κ3) is 7.81. The predicted octanol–water partition coefficient (Wildman–Crippen LogP) is 7.12. The summed E-state index contributed by atoms with van der Waals surface area (Å²) in [7, 11) is 1.28. The van der Waals surface area contributed by atoms with E-state index in [2.05, 4.69) is 15.7 Å². The van der Waals surface area contributed by atoms with E-state index in [0.29, 0.717) is 34.0 Å². The number of benzene rings is 3. The monoisotopic (exact) mass is 701 g/mol. The second-order valence-corrected chi connectivity index (χ2v) is 13.1. The molecular weight excluding hydrogens is 665 g/mol. The quantitative estimate of drug-likeness (QED) is 0.139. The molecular formula is C37H37ClFN5O6. The van der Waals surface area contributed by atoms with E-state index in [9.17, 15) is 23.9 Å². The number of amides is 2. The van der Waals surface area contributed by atoms with Crippen molar-refractivity contribution in [3.8, 4) is 22.9 Å². The summed E-state index contributed by atoms with van der Waals surface area (Å²) in [4.78, 5) is 38.7. The second kappa shape index (κ2) is 14.5. The van der Waals surface area contributed by atoms with Gasteiger partial charge in [-0.3, -0.25) is 14.7 Å². The average molecular weight is 702 g/mol. The highest BCUT2D eigenvalue weighted by Crippen LogP contribution is 2.28. The van der Waals surface area contributed by atoms with Crippen molar-refractivity contribution in [1.82, 2.24) is 19.7 Å². The average Bonchev–Trinajstić information content (AvgIpc) is 3.50. The summed E-state index contributed by atoms with van der Waals surface area (Å²) in [5.41, 5.74) is 3.47. The van der Waals surface area contributed by atoms with Crippen LogP contribution >= 0.6 is 11.6 Å². The standard InChI is InChI=1S/C37H37ClFN5O6/c1-21-7-8-23(35(47)49-6)17-29(21)43-22(2)15-30(33(38)34(43)46)50-20-24-9-10-26(39)16-25(24)19-40-36(48)41-32-18-31(37(3,4)5)42-44(32)27-11-13-28(45)14-12-27/h7-18,45H,19-20H2,1-6H3,(H2,40,41,48). The number of carbonyl (C=O) groups is 2. The number of halogens is 2. The fourth-order valence-electron chi connectivity index (χ4n) is 5.20. The van der Waals surface area contributed by atoms with E-state index in [1.807, 2.05) is 20.8 Å². The number of ether oxygens (including phenoxy) is 2. The summed E-state index contributed by atoms with van der Waals surface area (Å²) >= 11 is 6.51. The number of aryl methyl sites for hydroxylation is 2.